The molecule has 0 aromatic heterocycles. The van der Waals surface area contributed by atoms with Gasteiger partial charge in [-0.25, -0.2) is 0 Å². The lowest BCUT2D eigenvalue weighted by molar-refractivity contribution is -0.147. The van der Waals surface area contributed by atoms with Gasteiger partial charge >= 0.3 is 5.97 Å². The van der Waals surface area contributed by atoms with Crippen molar-refractivity contribution < 1.29 is 28.6 Å². The van der Waals surface area contributed by atoms with Crippen LogP contribution in [0.4, 0.5) is 11.4 Å². The van der Waals surface area contributed by atoms with Crippen molar-refractivity contribution in [3.63, 3.8) is 0 Å². The maximum atomic E-state index is 12.2. The molecule has 35 heavy (non-hydrogen) atoms. The lowest BCUT2D eigenvalue weighted by atomic mass is 10.2. The summed E-state index contributed by atoms with van der Waals surface area (Å²) >= 11 is 5.92. The van der Waals surface area contributed by atoms with Crippen LogP contribution in [-0.4, -0.2) is 31.5 Å². The second kappa shape index (κ2) is 12.4. The molecule has 0 saturated carbocycles. The zero-order valence-electron chi connectivity index (χ0n) is 19.3. The van der Waals surface area contributed by atoms with Crippen molar-refractivity contribution in [2.75, 3.05) is 24.4 Å². The Morgan fingerprint density at radius 2 is 1.57 bits per heavy atom. The number of nitrogens with one attached hydrogen (secondary N) is 2. The number of amides is 2. The average Bonchev–Trinajstić information content (AvgIpc) is 2.85. The van der Waals surface area contributed by atoms with E-state index in [0.717, 1.165) is 5.56 Å². The minimum atomic E-state index is -0.654. The largest absolute Gasteiger partial charge is 0.493 e. The number of hydrogen-bond donors (Lipinski definition) is 2. The number of carbonyl (C=O) groups excluding carboxylic acids is 3. The number of aryl methyl sites for hydroxylation is 1. The summed E-state index contributed by atoms with van der Waals surface area (Å²) in [5.41, 5.74) is 1.91. The monoisotopic (exact) mass is 496 g/mol. The van der Waals surface area contributed by atoms with E-state index >= 15 is 0 Å². The molecular weight excluding hydrogens is 472 g/mol. The van der Waals surface area contributed by atoms with Gasteiger partial charge in [-0.1, -0.05) is 29.8 Å². The van der Waals surface area contributed by atoms with Gasteiger partial charge in [-0.05, 0) is 61.0 Å². The Morgan fingerprint density at radius 3 is 2.29 bits per heavy atom. The summed E-state index contributed by atoms with van der Waals surface area (Å²) in [5.74, 6) is 0.236. The normalized spacial score (nSPS) is 10.3. The van der Waals surface area contributed by atoms with E-state index in [-0.39, 0.29) is 18.7 Å². The number of halogens is 1. The summed E-state index contributed by atoms with van der Waals surface area (Å²) < 4.78 is 16.0. The van der Waals surface area contributed by atoms with Gasteiger partial charge in [0.05, 0.1) is 13.5 Å². The zero-order chi connectivity index (χ0) is 25.2. The minimum absolute atomic E-state index is 0.0900. The first-order valence-electron chi connectivity index (χ1n) is 10.8. The van der Waals surface area contributed by atoms with Crippen molar-refractivity contribution >= 4 is 40.8 Å². The molecule has 0 aliphatic heterocycles. The maximum absolute atomic E-state index is 12.2. The Balaban J connectivity index is 1.39. The van der Waals surface area contributed by atoms with Crippen molar-refractivity contribution in [3.05, 3.63) is 77.3 Å². The Bertz CT molecular complexity index is 1200. The molecule has 3 aromatic rings. The van der Waals surface area contributed by atoms with Gasteiger partial charge in [0.2, 0.25) is 5.91 Å². The minimum Gasteiger partial charge on any atom is -0.493 e. The molecule has 3 rings (SSSR count). The molecule has 182 valence electrons. The van der Waals surface area contributed by atoms with Crippen molar-refractivity contribution in [1.82, 2.24) is 0 Å². The fraction of sp³-hybridized carbons (Fsp3) is 0.192. The van der Waals surface area contributed by atoms with Crippen LogP contribution in [0.1, 0.15) is 18.4 Å². The second-order valence-corrected chi connectivity index (χ2v) is 7.93. The third-order valence-electron chi connectivity index (χ3n) is 4.83. The highest BCUT2D eigenvalue weighted by Gasteiger charge is 2.12. The van der Waals surface area contributed by atoms with Crippen LogP contribution in [0.25, 0.3) is 0 Å². The molecule has 0 radical (unpaired) electrons. The topological polar surface area (TPSA) is 103 Å². The molecule has 3 aromatic carbocycles. The smallest absolute Gasteiger partial charge is 0.306 e. The first kappa shape index (κ1) is 25.6. The van der Waals surface area contributed by atoms with Crippen LogP contribution in [0.5, 0.6) is 17.2 Å². The highest BCUT2D eigenvalue weighted by Crippen LogP contribution is 2.31. The van der Waals surface area contributed by atoms with Crippen LogP contribution in [0.2, 0.25) is 5.02 Å². The molecule has 0 bridgehead atoms. The molecule has 0 aliphatic carbocycles. The molecule has 9 heteroatoms. The number of esters is 1. The van der Waals surface area contributed by atoms with Crippen LogP contribution >= 0.6 is 11.6 Å². The van der Waals surface area contributed by atoms with E-state index in [1.54, 1.807) is 61.7 Å². The van der Waals surface area contributed by atoms with Gasteiger partial charge in [0.25, 0.3) is 5.91 Å². The van der Waals surface area contributed by atoms with Crippen LogP contribution in [0.15, 0.2) is 66.7 Å². The van der Waals surface area contributed by atoms with Crippen molar-refractivity contribution in [1.29, 1.82) is 0 Å². The van der Waals surface area contributed by atoms with E-state index in [0.29, 0.717) is 33.6 Å². The fourth-order valence-corrected chi connectivity index (χ4v) is 3.18. The molecular formula is C26H25ClN2O6. The van der Waals surface area contributed by atoms with Gasteiger partial charge in [0.1, 0.15) is 5.75 Å². The van der Waals surface area contributed by atoms with Gasteiger partial charge in [0, 0.05) is 22.8 Å². The first-order chi connectivity index (χ1) is 16.8. The summed E-state index contributed by atoms with van der Waals surface area (Å²) in [4.78, 5) is 36.1. The maximum Gasteiger partial charge on any atom is 0.306 e. The Morgan fingerprint density at radius 1 is 0.857 bits per heavy atom. The summed E-state index contributed by atoms with van der Waals surface area (Å²) in [6, 6.07) is 19.1. The number of anilines is 2. The molecule has 0 saturated heterocycles. The van der Waals surface area contributed by atoms with Crippen molar-refractivity contribution in [2.24, 2.45) is 0 Å². The van der Waals surface area contributed by atoms with Gasteiger partial charge in [-0.2, -0.15) is 0 Å². The van der Waals surface area contributed by atoms with Crippen molar-refractivity contribution in [3.8, 4) is 17.2 Å². The highest BCUT2D eigenvalue weighted by atomic mass is 35.5. The van der Waals surface area contributed by atoms with E-state index in [9.17, 15) is 14.4 Å². The molecule has 0 atom stereocenters. The summed E-state index contributed by atoms with van der Waals surface area (Å²) in [6.45, 7) is 1.36. The number of hydrogen-bond acceptors (Lipinski definition) is 6. The predicted molar refractivity (Wildman–Crippen MR) is 133 cm³/mol. The van der Waals surface area contributed by atoms with Gasteiger partial charge in [-0.15, -0.1) is 0 Å². The molecule has 2 N–H and O–H groups in total. The lowest BCUT2D eigenvalue weighted by Crippen LogP contribution is -2.22. The predicted octanol–water partition coefficient (Wildman–Crippen LogP) is 5.35. The lowest BCUT2D eigenvalue weighted by Gasteiger charge is -2.11. The van der Waals surface area contributed by atoms with Crippen LogP contribution in [-0.2, 0) is 19.1 Å². The van der Waals surface area contributed by atoms with Crippen LogP contribution < -0.4 is 20.1 Å². The Kier molecular flexibility index (Phi) is 9.09. The number of carbonyl (C=O) groups is 3. The van der Waals surface area contributed by atoms with Gasteiger partial charge < -0.3 is 24.8 Å². The first-order valence-corrected chi connectivity index (χ1v) is 11.1. The van der Waals surface area contributed by atoms with Gasteiger partial charge in [0.15, 0.2) is 18.1 Å². The number of para-hydroxylation sites is 2. The SMILES string of the molecule is COc1ccccc1Oc1ccc(NC(=O)CCC(=O)OCC(=O)Nc2cc(Cl)ccc2C)cc1. The van der Waals surface area contributed by atoms with E-state index in [2.05, 4.69) is 10.6 Å². The Hall–Kier alpha value is -4.04. The van der Waals surface area contributed by atoms with E-state index < -0.39 is 18.5 Å². The quantitative estimate of drug-likeness (QED) is 0.367. The molecule has 0 fully saturated rings. The highest BCUT2D eigenvalue weighted by molar-refractivity contribution is 6.31. The van der Waals surface area contributed by atoms with Crippen LogP contribution in [0.3, 0.4) is 0 Å². The summed E-state index contributed by atoms with van der Waals surface area (Å²) in [7, 11) is 1.56. The molecule has 8 nitrogen and oxygen atoms in total. The average molecular weight is 497 g/mol. The zero-order valence-corrected chi connectivity index (χ0v) is 20.1. The second-order valence-electron chi connectivity index (χ2n) is 7.49. The van der Waals surface area contributed by atoms with Crippen LogP contribution in [0, 0.1) is 6.92 Å². The molecule has 0 aliphatic rings. The number of benzene rings is 3. The van der Waals surface area contributed by atoms with E-state index in [1.165, 1.54) is 0 Å². The third kappa shape index (κ3) is 8.04. The molecule has 0 heterocycles. The van der Waals surface area contributed by atoms with Crippen molar-refractivity contribution in [2.45, 2.75) is 19.8 Å². The van der Waals surface area contributed by atoms with E-state index in [4.69, 9.17) is 25.8 Å². The van der Waals surface area contributed by atoms with E-state index in [1.807, 2.05) is 19.1 Å². The number of ether oxygens (including phenoxy) is 3. The number of rotatable bonds is 10. The third-order valence-corrected chi connectivity index (χ3v) is 5.06. The fourth-order valence-electron chi connectivity index (χ4n) is 3.01. The summed E-state index contributed by atoms with van der Waals surface area (Å²) in [6.07, 6.45) is -0.252. The van der Waals surface area contributed by atoms with Gasteiger partial charge in [-0.3, -0.25) is 14.4 Å². The molecule has 0 spiro atoms. The standard InChI is InChI=1S/C26H25ClN2O6/c1-17-7-8-18(27)15-21(17)29-25(31)16-34-26(32)14-13-24(30)28-19-9-11-20(12-10-19)35-23-6-4-3-5-22(23)33-2/h3-12,15H,13-14,16H2,1-2H3,(H,28,30)(H,29,31). The molecule has 2 amide bonds. The Labute approximate surface area is 208 Å². The molecule has 0 unspecified atom stereocenters. The summed E-state index contributed by atoms with van der Waals surface area (Å²) in [5, 5.41) is 5.81. The number of methoxy groups -OCH3 is 1.